The molecule has 34 heavy (non-hydrogen) atoms. The number of halogens is 1. The summed E-state index contributed by atoms with van der Waals surface area (Å²) in [6.45, 7) is 7.89. The van der Waals surface area contributed by atoms with Gasteiger partial charge in [-0.1, -0.05) is 30.3 Å². The number of guanidine groups is 1. The first-order valence-corrected chi connectivity index (χ1v) is 11.4. The zero-order chi connectivity index (χ0) is 24.1. The third kappa shape index (κ3) is 5.54. The number of anilines is 2. The minimum absolute atomic E-state index is 0.211. The third-order valence-electron chi connectivity index (χ3n) is 6.19. The van der Waals surface area contributed by atoms with E-state index in [1.54, 1.807) is 30.3 Å². The molecule has 0 aliphatic carbocycles. The molecule has 3 aromatic rings. The Kier molecular flexibility index (Phi) is 7.11. The molecule has 0 aromatic heterocycles. The van der Waals surface area contributed by atoms with Gasteiger partial charge < -0.3 is 20.2 Å². The lowest BCUT2D eigenvalue weighted by Crippen LogP contribution is -2.51. The number of carbonyl (C=O) groups is 1. The van der Waals surface area contributed by atoms with Gasteiger partial charge in [0, 0.05) is 37.6 Å². The van der Waals surface area contributed by atoms with Crippen molar-refractivity contribution >= 4 is 23.3 Å². The van der Waals surface area contributed by atoms with Gasteiger partial charge in [0.2, 0.25) is 0 Å². The van der Waals surface area contributed by atoms with Crippen molar-refractivity contribution in [3.63, 3.8) is 0 Å². The summed E-state index contributed by atoms with van der Waals surface area (Å²) in [7, 11) is 0. The lowest BCUT2D eigenvalue weighted by Gasteiger charge is -2.38. The van der Waals surface area contributed by atoms with E-state index in [4.69, 9.17) is 4.99 Å². The Balaban J connectivity index is 1.53. The van der Waals surface area contributed by atoms with E-state index >= 15 is 0 Å². The second kappa shape index (κ2) is 10.4. The molecule has 0 atom stereocenters. The van der Waals surface area contributed by atoms with Gasteiger partial charge in [0.1, 0.15) is 5.82 Å². The summed E-state index contributed by atoms with van der Waals surface area (Å²) in [6.07, 6.45) is 0. The maximum absolute atomic E-state index is 13.3. The predicted octanol–water partition coefficient (Wildman–Crippen LogP) is 4.93. The highest BCUT2D eigenvalue weighted by Gasteiger charge is 2.22. The molecule has 0 spiro atoms. The summed E-state index contributed by atoms with van der Waals surface area (Å²) >= 11 is 0. The molecule has 0 amide bonds. The minimum atomic E-state index is -0.976. The number of carboxylic acids is 1. The van der Waals surface area contributed by atoms with Crippen molar-refractivity contribution in [2.75, 3.05) is 36.4 Å². The zero-order valence-corrected chi connectivity index (χ0v) is 19.5. The van der Waals surface area contributed by atoms with E-state index in [0.29, 0.717) is 18.2 Å². The van der Waals surface area contributed by atoms with Gasteiger partial charge in [0.15, 0.2) is 5.96 Å². The molecule has 1 aliphatic rings. The summed E-state index contributed by atoms with van der Waals surface area (Å²) in [6, 6.07) is 19.4. The fourth-order valence-corrected chi connectivity index (χ4v) is 4.07. The summed E-state index contributed by atoms with van der Waals surface area (Å²) in [5.74, 6) is -0.581. The molecule has 0 bridgehead atoms. The average Bonchev–Trinajstić information content (AvgIpc) is 2.85. The summed E-state index contributed by atoms with van der Waals surface area (Å²) in [4.78, 5) is 20.8. The third-order valence-corrected chi connectivity index (χ3v) is 6.19. The standard InChI is InChI=1S/C27H29FN4O2/c1-19-5-3-8-25(20(19)2)31-13-15-32(16-14-31)27(29-18-21-9-11-23(28)12-10-21)30-24-7-4-6-22(17-24)26(33)34/h3-12,17H,13-16,18H2,1-2H3,(H,29,30)(H,33,34). The van der Waals surface area contributed by atoms with Crippen LogP contribution in [0, 0.1) is 19.7 Å². The summed E-state index contributed by atoms with van der Waals surface area (Å²) in [5.41, 5.74) is 5.60. The van der Waals surface area contributed by atoms with E-state index in [1.165, 1.54) is 28.9 Å². The number of rotatable bonds is 5. The lowest BCUT2D eigenvalue weighted by atomic mass is 10.1. The first kappa shape index (κ1) is 23.3. The van der Waals surface area contributed by atoms with Gasteiger partial charge in [-0.25, -0.2) is 14.2 Å². The minimum Gasteiger partial charge on any atom is -0.478 e. The van der Waals surface area contributed by atoms with Gasteiger partial charge in [0.25, 0.3) is 0 Å². The molecule has 0 unspecified atom stereocenters. The Morgan fingerprint density at radius 2 is 1.71 bits per heavy atom. The van der Waals surface area contributed by atoms with E-state index in [1.807, 2.05) is 6.07 Å². The molecular weight excluding hydrogens is 431 g/mol. The first-order valence-electron chi connectivity index (χ1n) is 11.4. The fourth-order valence-electron chi connectivity index (χ4n) is 4.07. The van der Waals surface area contributed by atoms with E-state index in [9.17, 15) is 14.3 Å². The highest BCUT2D eigenvalue weighted by atomic mass is 19.1. The molecule has 3 aromatic carbocycles. The van der Waals surface area contributed by atoms with Crippen LogP contribution in [0.2, 0.25) is 0 Å². The summed E-state index contributed by atoms with van der Waals surface area (Å²) in [5, 5.41) is 12.7. The monoisotopic (exact) mass is 460 g/mol. The SMILES string of the molecule is Cc1cccc(N2CCN(C(=NCc3ccc(F)cc3)Nc3cccc(C(=O)O)c3)CC2)c1C. The van der Waals surface area contributed by atoms with Crippen LogP contribution in [0.4, 0.5) is 15.8 Å². The number of hydrogen-bond donors (Lipinski definition) is 2. The van der Waals surface area contributed by atoms with Crippen LogP contribution in [0.25, 0.3) is 0 Å². The molecular formula is C27H29FN4O2. The van der Waals surface area contributed by atoms with Crippen LogP contribution < -0.4 is 10.2 Å². The van der Waals surface area contributed by atoms with Crippen LogP contribution in [-0.2, 0) is 6.54 Å². The van der Waals surface area contributed by atoms with Crippen LogP contribution >= 0.6 is 0 Å². The van der Waals surface area contributed by atoms with Gasteiger partial charge >= 0.3 is 5.97 Å². The Morgan fingerprint density at radius 3 is 2.41 bits per heavy atom. The predicted molar refractivity (Wildman–Crippen MR) is 134 cm³/mol. The smallest absolute Gasteiger partial charge is 0.335 e. The van der Waals surface area contributed by atoms with E-state index < -0.39 is 5.97 Å². The highest BCUT2D eigenvalue weighted by molar-refractivity contribution is 5.96. The highest BCUT2D eigenvalue weighted by Crippen LogP contribution is 2.24. The van der Waals surface area contributed by atoms with E-state index in [2.05, 4.69) is 47.2 Å². The van der Waals surface area contributed by atoms with Crippen molar-refractivity contribution in [3.8, 4) is 0 Å². The number of aryl methyl sites for hydroxylation is 1. The normalized spacial score (nSPS) is 14.3. The van der Waals surface area contributed by atoms with Crippen molar-refractivity contribution in [3.05, 3.63) is 94.8 Å². The van der Waals surface area contributed by atoms with Crippen LogP contribution in [0.3, 0.4) is 0 Å². The first-order chi connectivity index (χ1) is 16.4. The molecule has 6 nitrogen and oxygen atoms in total. The number of carboxylic acid groups (broad SMARTS) is 1. The lowest BCUT2D eigenvalue weighted by molar-refractivity contribution is 0.0697. The van der Waals surface area contributed by atoms with Crippen molar-refractivity contribution in [1.29, 1.82) is 0 Å². The largest absolute Gasteiger partial charge is 0.478 e. The van der Waals surface area contributed by atoms with Crippen LogP contribution in [0.1, 0.15) is 27.0 Å². The molecule has 7 heteroatoms. The van der Waals surface area contributed by atoms with Gasteiger partial charge in [0.05, 0.1) is 12.1 Å². The molecule has 176 valence electrons. The van der Waals surface area contributed by atoms with Crippen LogP contribution in [0.15, 0.2) is 71.7 Å². The number of nitrogens with zero attached hydrogens (tertiary/aromatic N) is 3. The number of nitrogens with one attached hydrogen (secondary N) is 1. The molecule has 1 fully saturated rings. The van der Waals surface area contributed by atoms with Crippen LogP contribution in [0.5, 0.6) is 0 Å². The molecule has 2 N–H and O–H groups in total. The van der Waals surface area contributed by atoms with E-state index in [0.717, 1.165) is 31.7 Å². The summed E-state index contributed by atoms with van der Waals surface area (Å²) < 4.78 is 13.3. The quantitative estimate of drug-likeness (QED) is 0.417. The molecule has 4 rings (SSSR count). The van der Waals surface area contributed by atoms with Crippen molar-refractivity contribution < 1.29 is 14.3 Å². The Labute approximate surface area is 199 Å². The molecule has 1 aliphatic heterocycles. The molecule has 1 saturated heterocycles. The number of hydrogen-bond acceptors (Lipinski definition) is 3. The second-order valence-corrected chi connectivity index (χ2v) is 8.47. The Morgan fingerprint density at radius 1 is 1.00 bits per heavy atom. The van der Waals surface area contributed by atoms with E-state index in [-0.39, 0.29) is 11.4 Å². The topological polar surface area (TPSA) is 68.2 Å². The zero-order valence-electron chi connectivity index (χ0n) is 19.5. The maximum Gasteiger partial charge on any atom is 0.335 e. The van der Waals surface area contributed by atoms with Crippen molar-refractivity contribution in [2.45, 2.75) is 20.4 Å². The van der Waals surface area contributed by atoms with Gasteiger partial charge in [-0.15, -0.1) is 0 Å². The molecule has 0 saturated carbocycles. The Hall–Kier alpha value is -3.87. The second-order valence-electron chi connectivity index (χ2n) is 8.47. The number of piperazine rings is 1. The average molecular weight is 461 g/mol. The number of aliphatic imine (C=N–C) groups is 1. The number of benzene rings is 3. The fraction of sp³-hybridized carbons (Fsp3) is 0.259. The Bertz CT molecular complexity index is 1190. The van der Waals surface area contributed by atoms with Gasteiger partial charge in [-0.05, 0) is 66.9 Å². The van der Waals surface area contributed by atoms with Crippen LogP contribution in [-0.4, -0.2) is 48.1 Å². The maximum atomic E-state index is 13.3. The van der Waals surface area contributed by atoms with Gasteiger partial charge in [-0.3, -0.25) is 0 Å². The molecule has 1 heterocycles. The molecule has 0 radical (unpaired) electrons. The van der Waals surface area contributed by atoms with Crippen molar-refractivity contribution in [2.24, 2.45) is 4.99 Å². The van der Waals surface area contributed by atoms with Crippen molar-refractivity contribution in [1.82, 2.24) is 4.90 Å². The number of aromatic carboxylic acids is 1. The van der Waals surface area contributed by atoms with Gasteiger partial charge in [-0.2, -0.15) is 0 Å².